The Bertz CT molecular complexity index is 828. The maximum Gasteiger partial charge on any atom is 0.251 e. The summed E-state index contributed by atoms with van der Waals surface area (Å²) in [6.45, 7) is 6.03. The van der Waals surface area contributed by atoms with E-state index in [-0.39, 0.29) is 17.3 Å². The first-order chi connectivity index (χ1) is 11.4. The molecule has 5 nitrogen and oxygen atoms in total. The van der Waals surface area contributed by atoms with Crippen LogP contribution in [0, 0.1) is 6.92 Å². The first-order valence-electron chi connectivity index (χ1n) is 7.47. The molecule has 6 heteroatoms. The van der Waals surface area contributed by atoms with Gasteiger partial charge in [-0.1, -0.05) is 35.9 Å². The summed E-state index contributed by atoms with van der Waals surface area (Å²) in [5, 5.41) is 2.82. The number of nitrogens with one attached hydrogen (secondary N) is 2. The fraction of sp³-hybridized carbons (Fsp3) is 0.167. The van der Waals surface area contributed by atoms with E-state index in [2.05, 4.69) is 16.6 Å². The van der Waals surface area contributed by atoms with Gasteiger partial charge in [-0.15, -0.1) is 6.58 Å². The predicted molar refractivity (Wildman–Crippen MR) is 94.2 cm³/mol. The third kappa shape index (κ3) is 4.78. The van der Waals surface area contributed by atoms with Crippen LogP contribution in [0.25, 0.3) is 0 Å². The Kier molecular flexibility index (Phi) is 5.89. The highest BCUT2D eigenvalue weighted by molar-refractivity contribution is 7.89. The van der Waals surface area contributed by atoms with E-state index in [0.29, 0.717) is 12.1 Å². The van der Waals surface area contributed by atoms with Gasteiger partial charge in [-0.3, -0.25) is 4.79 Å². The van der Waals surface area contributed by atoms with Gasteiger partial charge in [-0.25, -0.2) is 13.1 Å². The van der Waals surface area contributed by atoms with E-state index in [1.54, 1.807) is 0 Å². The lowest BCUT2D eigenvalue weighted by Gasteiger charge is -2.08. The lowest BCUT2D eigenvalue weighted by atomic mass is 10.1. The van der Waals surface area contributed by atoms with Crippen molar-refractivity contribution < 1.29 is 13.2 Å². The van der Waals surface area contributed by atoms with Crippen LogP contribution in [0.4, 0.5) is 0 Å². The molecule has 0 atom stereocenters. The lowest BCUT2D eigenvalue weighted by molar-refractivity contribution is 0.0951. The van der Waals surface area contributed by atoms with Gasteiger partial charge in [-0.05, 0) is 36.8 Å². The van der Waals surface area contributed by atoms with Crippen molar-refractivity contribution in [1.82, 2.24) is 10.0 Å². The van der Waals surface area contributed by atoms with Crippen molar-refractivity contribution in [3.05, 3.63) is 77.9 Å². The van der Waals surface area contributed by atoms with Gasteiger partial charge in [0.2, 0.25) is 10.0 Å². The smallest absolute Gasteiger partial charge is 0.251 e. The van der Waals surface area contributed by atoms with Gasteiger partial charge in [-0.2, -0.15) is 0 Å². The van der Waals surface area contributed by atoms with Gasteiger partial charge in [0.1, 0.15) is 0 Å². The van der Waals surface area contributed by atoms with Crippen LogP contribution in [0.5, 0.6) is 0 Å². The molecule has 0 saturated carbocycles. The molecule has 0 heterocycles. The summed E-state index contributed by atoms with van der Waals surface area (Å²) in [4.78, 5) is 12.3. The third-order valence-electron chi connectivity index (χ3n) is 3.38. The first-order valence-corrected chi connectivity index (χ1v) is 8.95. The second-order valence-electron chi connectivity index (χ2n) is 5.34. The molecule has 1 amide bonds. The minimum absolute atomic E-state index is 0.111. The summed E-state index contributed by atoms with van der Waals surface area (Å²) in [7, 11) is -3.58. The number of hydrogen-bond donors (Lipinski definition) is 2. The molecule has 2 aromatic carbocycles. The molecular formula is C18H20N2O3S. The molecule has 2 rings (SSSR count). The predicted octanol–water partition coefficient (Wildman–Crippen LogP) is 2.39. The van der Waals surface area contributed by atoms with E-state index in [1.165, 1.54) is 30.3 Å². The van der Waals surface area contributed by atoms with Crippen LogP contribution in [-0.4, -0.2) is 20.9 Å². The third-order valence-corrected chi connectivity index (χ3v) is 4.82. The molecule has 0 fully saturated rings. The monoisotopic (exact) mass is 344 g/mol. The van der Waals surface area contributed by atoms with Gasteiger partial charge < -0.3 is 5.32 Å². The van der Waals surface area contributed by atoms with Crippen molar-refractivity contribution in [2.24, 2.45) is 0 Å². The van der Waals surface area contributed by atoms with Crippen molar-refractivity contribution in [3.63, 3.8) is 0 Å². The van der Waals surface area contributed by atoms with Crippen LogP contribution in [0.1, 0.15) is 21.5 Å². The van der Waals surface area contributed by atoms with Gasteiger partial charge in [0.15, 0.2) is 0 Å². The van der Waals surface area contributed by atoms with Crippen LogP contribution in [0.3, 0.4) is 0 Å². The second kappa shape index (κ2) is 7.90. The van der Waals surface area contributed by atoms with Gasteiger partial charge >= 0.3 is 0 Å². The highest BCUT2D eigenvalue weighted by atomic mass is 32.2. The number of aryl methyl sites for hydroxylation is 1. The fourth-order valence-electron chi connectivity index (χ4n) is 2.14. The van der Waals surface area contributed by atoms with E-state index in [0.717, 1.165) is 11.1 Å². The number of amides is 1. The summed E-state index contributed by atoms with van der Waals surface area (Å²) in [5.74, 6) is -0.250. The van der Waals surface area contributed by atoms with Crippen molar-refractivity contribution in [1.29, 1.82) is 0 Å². The Balaban J connectivity index is 2.02. The highest BCUT2D eigenvalue weighted by Crippen LogP contribution is 2.11. The number of sulfonamides is 1. The van der Waals surface area contributed by atoms with Crippen molar-refractivity contribution >= 4 is 15.9 Å². The quantitative estimate of drug-likeness (QED) is 0.757. The van der Waals surface area contributed by atoms with Crippen molar-refractivity contribution in [3.8, 4) is 0 Å². The molecule has 0 unspecified atom stereocenters. The molecule has 0 aliphatic rings. The Morgan fingerprint density at radius 1 is 1.17 bits per heavy atom. The summed E-state index contributed by atoms with van der Waals surface area (Å²) >= 11 is 0. The summed E-state index contributed by atoms with van der Waals surface area (Å²) in [6, 6.07) is 13.7. The van der Waals surface area contributed by atoms with Crippen LogP contribution < -0.4 is 10.0 Å². The SMILES string of the molecule is C=CCNS(=O)(=O)c1ccc(C(=O)NCc2cccc(C)c2)cc1. The maximum absolute atomic E-state index is 12.1. The molecule has 0 aliphatic heterocycles. The molecule has 0 bridgehead atoms. The van der Waals surface area contributed by atoms with E-state index in [4.69, 9.17) is 0 Å². The Hall–Kier alpha value is -2.44. The number of rotatable bonds is 7. The number of benzene rings is 2. The molecule has 2 N–H and O–H groups in total. The van der Waals surface area contributed by atoms with Gasteiger partial charge in [0.25, 0.3) is 5.91 Å². The first kappa shape index (κ1) is 17.9. The molecule has 0 saturated heterocycles. The zero-order valence-electron chi connectivity index (χ0n) is 13.5. The summed E-state index contributed by atoms with van der Waals surface area (Å²) in [6.07, 6.45) is 1.46. The Morgan fingerprint density at radius 3 is 2.50 bits per heavy atom. The molecular weight excluding hydrogens is 324 g/mol. The molecule has 0 aliphatic carbocycles. The zero-order chi connectivity index (χ0) is 17.6. The number of carbonyl (C=O) groups excluding carboxylic acids is 1. The van der Waals surface area contributed by atoms with Crippen molar-refractivity contribution in [2.75, 3.05) is 6.54 Å². The molecule has 0 radical (unpaired) electrons. The number of hydrogen-bond acceptors (Lipinski definition) is 3. The zero-order valence-corrected chi connectivity index (χ0v) is 14.3. The van der Waals surface area contributed by atoms with Crippen LogP contribution >= 0.6 is 0 Å². The normalized spacial score (nSPS) is 11.0. The minimum Gasteiger partial charge on any atom is -0.348 e. The second-order valence-corrected chi connectivity index (χ2v) is 7.10. The number of carbonyl (C=O) groups is 1. The Morgan fingerprint density at radius 2 is 1.88 bits per heavy atom. The van der Waals surface area contributed by atoms with E-state index >= 15 is 0 Å². The van der Waals surface area contributed by atoms with E-state index < -0.39 is 10.0 Å². The van der Waals surface area contributed by atoms with Gasteiger partial charge in [0, 0.05) is 18.7 Å². The largest absolute Gasteiger partial charge is 0.348 e. The molecule has 126 valence electrons. The summed E-state index contributed by atoms with van der Waals surface area (Å²) in [5.41, 5.74) is 2.55. The molecule has 24 heavy (non-hydrogen) atoms. The average Bonchev–Trinajstić information content (AvgIpc) is 2.58. The standard InChI is InChI=1S/C18H20N2O3S/c1-3-11-20-24(22,23)17-9-7-16(8-10-17)18(21)19-13-15-6-4-5-14(2)12-15/h3-10,12,20H,1,11,13H2,2H3,(H,19,21). The fourth-order valence-corrected chi connectivity index (χ4v) is 3.14. The lowest BCUT2D eigenvalue weighted by Crippen LogP contribution is -2.24. The topological polar surface area (TPSA) is 75.3 Å². The molecule has 0 aromatic heterocycles. The van der Waals surface area contributed by atoms with E-state index in [9.17, 15) is 13.2 Å². The Labute approximate surface area is 142 Å². The average molecular weight is 344 g/mol. The maximum atomic E-state index is 12.1. The van der Waals surface area contributed by atoms with Crippen molar-refractivity contribution in [2.45, 2.75) is 18.4 Å². The summed E-state index contributed by atoms with van der Waals surface area (Å²) < 4.78 is 26.3. The van der Waals surface area contributed by atoms with E-state index in [1.807, 2.05) is 31.2 Å². The van der Waals surface area contributed by atoms with Crippen LogP contribution in [0.15, 0.2) is 66.1 Å². The van der Waals surface area contributed by atoms with Gasteiger partial charge in [0.05, 0.1) is 4.90 Å². The minimum atomic E-state index is -3.58. The highest BCUT2D eigenvalue weighted by Gasteiger charge is 2.13. The van der Waals surface area contributed by atoms with Crippen LogP contribution in [-0.2, 0) is 16.6 Å². The molecule has 2 aromatic rings. The van der Waals surface area contributed by atoms with Crippen LogP contribution in [0.2, 0.25) is 0 Å². The molecule has 0 spiro atoms.